The van der Waals surface area contributed by atoms with Crippen LogP contribution in [0.3, 0.4) is 0 Å². The van der Waals surface area contributed by atoms with Gasteiger partial charge in [0.05, 0.1) is 6.61 Å². The third kappa shape index (κ3) is 33.6. The van der Waals surface area contributed by atoms with Crippen LogP contribution < -0.4 is 0 Å². The van der Waals surface area contributed by atoms with Crippen LogP contribution in [0.2, 0.25) is 0 Å². The molecule has 8 heteroatoms. The van der Waals surface area contributed by atoms with E-state index in [2.05, 4.69) is 11.4 Å². The summed E-state index contributed by atoms with van der Waals surface area (Å²) in [7, 11) is -4.62. The van der Waals surface area contributed by atoms with Gasteiger partial charge in [-0.05, 0) is 6.42 Å². The Labute approximate surface area is 240 Å². The molecule has 0 aromatic carbocycles. The number of hydrogen-bond acceptors (Lipinski definition) is 5. The highest BCUT2D eigenvalue weighted by molar-refractivity contribution is 7.46. The van der Waals surface area contributed by atoms with E-state index < -0.39 is 26.5 Å². The van der Waals surface area contributed by atoms with Gasteiger partial charge < -0.3 is 19.6 Å². The monoisotopic (exact) mass is 578 g/mol. The first-order valence-electron chi connectivity index (χ1n) is 16.4. The van der Waals surface area contributed by atoms with Gasteiger partial charge in [0, 0.05) is 6.42 Å². The van der Waals surface area contributed by atoms with Crippen LogP contribution in [0.1, 0.15) is 174 Å². The van der Waals surface area contributed by atoms with Crippen molar-refractivity contribution in [3.05, 3.63) is 0 Å². The smallest absolute Gasteiger partial charge is 0.463 e. The minimum atomic E-state index is -4.62. The predicted octanol–water partition coefficient (Wildman–Crippen LogP) is 9.16. The number of rotatable bonds is 31. The van der Waals surface area contributed by atoms with Gasteiger partial charge >= 0.3 is 13.8 Å². The average molecular weight is 579 g/mol. The molecule has 0 aliphatic rings. The van der Waals surface area contributed by atoms with E-state index >= 15 is 0 Å². The molecular formula is C31H63O7P. The molecule has 39 heavy (non-hydrogen) atoms. The van der Waals surface area contributed by atoms with Gasteiger partial charge in [-0.1, -0.05) is 161 Å². The number of aliphatic hydroxyl groups is 1. The zero-order valence-electron chi connectivity index (χ0n) is 25.3. The van der Waals surface area contributed by atoms with Crippen molar-refractivity contribution >= 4 is 13.8 Å². The lowest BCUT2D eigenvalue weighted by Gasteiger charge is -2.12. The van der Waals surface area contributed by atoms with Gasteiger partial charge in [0.1, 0.15) is 12.7 Å². The van der Waals surface area contributed by atoms with Crippen molar-refractivity contribution < 1.29 is 33.5 Å². The molecule has 0 amide bonds. The SMILES string of the molecule is CCCCCCCCCCCCCCCCCCCCCCCCCCCC(=O)OCC(O)COP(=O)(O)O. The molecule has 0 rings (SSSR count). The fourth-order valence-corrected chi connectivity index (χ4v) is 5.27. The van der Waals surface area contributed by atoms with Crippen molar-refractivity contribution in [2.75, 3.05) is 13.2 Å². The molecule has 1 atom stereocenters. The van der Waals surface area contributed by atoms with Crippen LogP contribution in [-0.2, 0) is 18.6 Å². The van der Waals surface area contributed by atoms with Gasteiger partial charge in [0.25, 0.3) is 0 Å². The number of phosphoric ester groups is 1. The number of ether oxygens (including phenoxy) is 1. The molecule has 0 saturated heterocycles. The van der Waals surface area contributed by atoms with E-state index in [0.717, 1.165) is 19.3 Å². The Bertz CT molecular complexity index is 567. The fourth-order valence-electron chi connectivity index (χ4n) is 4.90. The molecule has 0 spiro atoms. The molecule has 3 N–H and O–H groups in total. The summed E-state index contributed by atoms with van der Waals surface area (Å²) in [6.45, 7) is 1.39. The Morgan fingerprint density at radius 3 is 1.18 bits per heavy atom. The summed E-state index contributed by atoms with van der Waals surface area (Å²) in [4.78, 5) is 28.8. The molecule has 0 bridgehead atoms. The van der Waals surface area contributed by atoms with Crippen molar-refractivity contribution in [2.24, 2.45) is 0 Å². The van der Waals surface area contributed by atoms with E-state index in [0.29, 0.717) is 6.42 Å². The number of phosphoric acid groups is 1. The Morgan fingerprint density at radius 2 is 0.872 bits per heavy atom. The number of unbranched alkanes of at least 4 members (excludes halogenated alkanes) is 24. The molecule has 7 nitrogen and oxygen atoms in total. The summed E-state index contributed by atoms with van der Waals surface area (Å²) in [5.41, 5.74) is 0. The molecule has 0 aliphatic heterocycles. The van der Waals surface area contributed by atoms with Crippen LogP contribution in [-0.4, -0.2) is 40.2 Å². The standard InChI is InChI=1S/C31H63O7P/c1-2-3-4-5-6-7-8-9-10-11-12-13-14-15-16-17-18-19-20-21-22-23-24-25-26-27-31(33)37-28-30(32)29-38-39(34,35)36/h30,32H,2-29H2,1H3,(H2,34,35,36). The number of hydrogen-bond donors (Lipinski definition) is 3. The number of carbonyl (C=O) groups excluding carboxylic acids is 1. The second-order valence-electron chi connectivity index (χ2n) is 11.4. The maximum atomic E-state index is 11.7. The summed E-state index contributed by atoms with van der Waals surface area (Å²) in [5.74, 6) is -0.403. The van der Waals surface area contributed by atoms with Gasteiger partial charge in [-0.25, -0.2) is 4.57 Å². The molecule has 0 aromatic heterocycles. The number of aliphatic hydroxyl groups excluding tert-OH is 1. The van der Waals surface area contributed by atoms with Crippen LogP contribution in [0.5, 0.6) is 0 Å². The first-order valence-corrected chi connectivity index (χ1v) is 17.9. The van der Waals surface area contributed by atoms with Gasteiger partial charge in [-0.15, -0.1) is 0 Å². The Hall–Kier alpha value is -0.460. The maximum Gasteiger partial charge on any atom is 0.469 e. The van der Waals surface area contributed by atoms with Crippen molar-refractivity contribution in [1.29, 1.82) is 0 Å². The number of esters is 1. The largest absolute Gasteiger partial charge is 0.469 e. The number of carbonyl (C=O) groups is 1. The molecule has 0 aliphatic carbocycles. The molecule has 234 valence electrons. The summed E-state index contributed by atoms with van der Waals surface area (Å²) in [6.07, 6.45) is 32.6. The molecule has 0 radical (unpaired) electrons. The lowest BCUT2D eigenvalue weighted by molar-refractivity contribution is -0.147. The summed E-state index contributed by atoms with van der Waals surface area (Å²) in [6, 6.07) is 0. The Balaban J connectivity index is 3.20. The highest BCUT2D eigenvalue weighted by Gasteiger charge is 2.17. The van der Waals surface area contributed by atoms with E-state index in [-0.39, 0.29) is 6.61 Å². The highest BCUT2D eigenvalue weighted by Crippen LogP contribution is 2.35. The van der Waals surface area contributed by atoms with Crippen LogP contribution in [0.4, 0.5) is 0 Å². The first kappa shape index (κ1) is 38.5. The second-order valence-corrected chi connectivity index (χ2v) is 12.6. The minimum Gasteiger partial charge on any atom is -0.463 e. The lowest BCUT2D eigenvalue weighted by atomic mass is 10.0. The minimum absolute atomic E-state index is 0.297. The third-order valence-electron chi connectivity index (χ3n) is 7.36. The molecule has 0 saturated carbocycles. The van der Waals surface area contributed by atoms with Crippen LogP contribution >= 0.6 is 7.82 Å². The van der Waals surface area contributed by atoms with Crippen LogP contribution in [0.15, 0.2) is 0 Å². The van der Waals surface area contributed by atoms with Crippen molar-refractivity contribution in [1.82, 2.24) is 0 Å². The Morgan fingerprint density at radius 1 is 0.564 bits per heavy atom. The van der Waals surface area contributed by atoms with E-state index in [1.54, 1.807) is 0 Å². The Kier molecular flexibility index (Phi) is 28.7. The summed E-state index contributed by atoms with van der Waals surface area (Å²) < 4.78 is 19.6. The molecule has 0 fully saturated rings. The van der Waals surface area contributed by atoms with Crippen LogP contribution in [0, 0.1) is 0 Å². The van der Waals surface area contributed by atoms with E-state index in [1.807, 2.05) is 0 Å². The van der Waals surface area contributed by atoms with Crippen molar-refractivity contribution in [3.8, 4) is 0 Å². The van der Waals surface area contributed by atoms with Crippen molar-refractivity contribution in [3.63, 3.8) is 0 Å². The quantitative estimate of drug-likeness (QED) is 0.0427. The second kappa shape index (κ2) is 29.0. The third-order valence-corrected chi connectivity index (χ3v) is 7.84. The molecule has 1 unspecified atom stereocenters. The maximum absolute atomic E-state index is 11.7. The molecule has 0 aromatic rings. The lowest BCUT2D eigenvalue weighted by Crippen LogP contribution is -2.23. The van der Waals surface area contributed by atoms with E-state index in [4.69, 9.17) is 14.5 Å². The van der Waals surface area contributed by atoms with Crippen molar-refractivity contribution in [2.45, 2.75) is 180 Å². The topological polar surface area (TPSA) is 113 Å². The summed E-state index contributed by atoms with van der Waals surface area (Å²) >= 11 is 0. The zero-order valence-corrected chi connectivity index (χ0v) is 26.2. The van der Waals surface area contributed by atoms with Gasteiger partial charge in [-0.3, -0.25) is 9.32 Å². The summed E-state index contributed by atoms with van der Waals surface area (Å²) in [5, 5.41) is 9.48. The first-order chi connectivity index (χ1) is 18.8. The van der Waals surface area contributed by atoms with Gasteiger partial charge in [0.15, 0.2) is 0 Å². The fraction of sp³-hybridized carbons (Fsp3) is 0.968. The van der Waals surface area contributed by atoms with Gasteiger partial charge in [0.2, 0.25) is 0 Å². The van der Waals surface area contributed by atoms with E-state index in [9.17, 15) is 14.5 Å². The predicted molar refractivity (Wildman–Crippen MR) is 161 cm³/mol. The normalized spacial score (nSPS) is 12.6. The van der Waals surface area contributed by atoms with Gasteiger partial charge in [-0.2, -0.15) is 0 Å². The molecular weight excluding hydrogens is 515 g/mol. The molecule has 0 heterocycles. The average Bonchev–Trinajstić information content (AvgIpc) is 2.90. The highest BCUT2D eigenvalue weighted by atomic mass is 31.2. The van der Waals surface area contributed by atoms with Crippen LogP contribution in [0.25, 0.3) is 0 Å². The van der Waals surface area contributed by atoms with E-state index in [1.165, 1.54) is 141 Å². The zero-order chi connectivity index (χ0) is 28.9.